The largest absolute Gasteiger partial charge is 0.492 e. The third-order valence-electron chi connectivity index (χ3n) is 8.12. The number of hydrogen-bond donors (Lipinski definition) is 6. The van der Waals surface area contributed by atoms with Gasteiger partial charge in [-0.15, -0.1) is 0 Å². The summed E-state index contributed by atoms with van der Waals surface area (Å²) in [5.41, 5.74) is 16.9. The Morgan fingerprint density at radius 2 is 1.76 bits per heavy atom. The first-order valence-corrected chi connectivity index (χ1v) is 15.2. The highest BCUT2D eigenvalue weighted by molar-refractivity contribution is 6.62. The number of nitrogens with one attached hydrogen (secondary N) is 2. The molecule has 0 radical (unpaired) electrons. The Morgan fingerprint density at radius 1 is 1.11 bits per heavy atom. The Morgan fingerprint density at radius 3 is 2.35 bits per heavy atom. The fourth-order valence-electron chi connectivity index (χ4n) is 5.35. The van der Waals surface area contributed by atoms with Crippen molar-refractivity contribution in [1.29, 1.82) is 0 Å². The fraction of sp³-hybridized carbons (Fsp3) is 0.516. The maximum absolute atomic E-state index is 13.1. The van der Waals surface area contributed by atoms with Crippen LogP contribution < -0.4 is 33.3 Å². The van der Waals surface area contributed by atoms with E-state index >= 15 is 0 Å². The second-order valence-electron chi connectivity index (χ2n) is 12.1. The van der Waals surface area contributed by atoms with Crippen LogP contribution in [0.1, 0.15) is 60.2 Å². The quantitative estimate of drug-likeness (QED) is 0.104. The summed E-state index contributed by atoms with van der Waals surface area (Å²) in [6.07, 6.45) is -3.09. The molecule has 1 heterocycles. The molecule has 2 aromatic rings. The fourth-order valence-corrected chi connectivity index (χ4v) is 5.35. The number of hydrogen-bond acceptors (Lipinski definition) is 9. The summed E-state index contributed by atoms with van der Waals surface area (Å²) in [6.45, 7) is 4.88. The van der Waals surface area contributed by atoms with E-state index in [1.807, 2.05) is 13.8 Å². The second-order valence-corrected chi connectivity index (χ2v) is 12.1. The van der Waals surface area contributed by atoms with Crippen molar-refractivity contribution in [2.75, 3.05) is 39.3 Å². The van der Waals surface area contributed by atoms with E-state index in [9.17, 15) is 32.6 Å². The number of carbonyl (C=O) groups excluding carboxylic acids is 3. The number of carbonyl (C=O) groups is 3. The van der Waals surface area contributed by atoms with Crippen LogP contribution >= 0.6 is 0 Å². The van der Waals surface area contributed by atoms with Crippen LogP contribution in [0.25, 0.3) is 0 Å². The first-order valence-electron chi connectivity index (χ1n) is 15.2. The van der Waals surface area contributed by atoms with E-state index in [0.29, 0.717) is 48.8 Å². The summed E-state index contributed by atoms with van der Waals surface area (Å²) in [5, 5.41) is 16.4. The van der Waals surface area contributed by atoms with Crippen molar-refractivity contribution in [1.82, 2.24) is 15.5 Å². The third kappa shape index (κ3) is 10.1. The number of aldehydes is 1. The molecular formula is C31H44BF3N6O5. The SMILES string of the molecule is CC1(C)OB(O)c2cc(C(=O)NCC(CCc3ccc(C(F)(F)F)cc3)NCC(N)(C=O)CCC(=O)N(CCN)CCN)ccc21. The maximum atomic E-state index is 13.1. The Kier molecular flexibility index (Phi) is 12.9. The predicted octanol–water partition coefficient (Wildman–Crippen LogP) is 0.402. The zero-order chi connectivity index (χ0) is 34.1. The highest BCUT2D eigenvalue weighted by Crippen LogP contribution is 2.30. The van der Waals surface area contributed by atoms with E-state index in [1.54, 1.807) is 18.2 Å². The first-order chi connectivity index (χ1) is 21.6. The van der Waals surface area contributed by atoms with Gasteiger partial charge in [-0.2, -0.15) is 13.2 Å². The lowest BCUT2D eigenvalue weighted by Gasteiger charge is -2.29. The Bertz CT molecular complexity index is 1340. The lowest BCUT2D eigenvalue weighted by atomic mass is 9.77. The number of nitrogens with two attached hydrogens (primary N) is 3. The average molecular weight is 649 g/mol. The summed E-state index contributed by atoms with van der Waals surface area (Å²) in [6, 6.07) is 9.32. The zero-order valence-corrected chi connectivity index (χ0v) is 26.2. The van der Waals surface area contributed by atoms with Gasteiger partial charge in [0.05, 0.1) is 16.7 Å². The summed E-state index contributed by atoms with van der Waals surface area (Å²) < 4.78 is 44.6. The number of amides is 2. The molecule has 0 aromatic heterocycles. The van der Waals surface area contributed by atoms with E-state index in [1.165, 1.54) is 17.0 Å². The van der Waals surface area contributed by atoms with E-state index in [2.05, 4.69) is 10.6 Å². The van der Waals surface area contributed by atoms with Crippen LogP contribution in [0.2, 0.25) is 0 Å². The lowest BCUT2D eigenvalue weighted by Crippen LogP contribution is -2.55. The normalized spacial score (nSPS) is 16.0. The van der Waals surface area contributed by atoms with Gasteiger partial charge in [0.2, 0.25) is 5.91 Å². The Hall–Kier alpha value is -3.34. The summed E-state index contributed by atoms with van der Waals surface area (Å²) in [5.74, 6) is -0.645. The molecule has 46 heavy (non-hydrogen) atoms. The molecule has 0 spiro atoms. The van der Waals surface area contributed by atoms with Gasteiger partial charge in [-0.25, -0.2) is 0 Å². The van der Waals surface area contributed by atoms with Gasteiger partial charge in [-0.05, 0) is 74.0 Å². The minimum atomic E-state index is -4.45. The molecule has 2 aromatic carbocycles. The topological polar surface area (TPSA) is 186 Å². The van der Waals surface area contributed by atoms with Gasteiger partial charge in [-0.1, -0.05) is 18.2 Å². The minimum absolute atomic E-state index is 0.00538. The Labute approximate surface area is 267 Å². The van der Waals surface area contributed by atoms with Gasteiger partial charge in [0.1, 0.15) is 6.29 Å². The molecule has 0 saturated carbocycles. The Balaban J connectivity index is 1.69. The molecule has 252 valence electrons. The van der Waals surface area contributed by atoms with Crippen LogP contribution in [-0.4, -0.2) is 86.0 Å². The van der Waals surface area contributed by atoms with Crippen molar-refractivity contribution in [3.05, 3.63) is 64.7 Å². The molecule has 0 saturated heterocycles. The van der Waals surface area contributed by atoms with Crippen LogP contribution in [0.4, 0.5) is 13.2 Å². The molecule has 15 heteroatoms. The van der Waals surface area contributed by atoms with Crippen LogP contribution in [0.5, 0.6) is 0 Å². The molecule has 0 fully saturated rings. The number of alkyl halides is 3. The number of fused-ring (bicyclic) bond motifs is 1. The highest BCUT2D eigenvalue weighted by Gasteiger charge is 2.41. The highest BCUT2D eigenvalue weighted by atomic mass is 19.4. The van der Waals surface area contributed by atoms with Gasteiger partial charge in [0.25, 0.3) is 5.91 Å². The van der Waals surface area contributed by atoms with E-state index < -0.39 is 41.9 Å². The third-order valence-corrected chi connectivity index (χ3v) is 8.12. The van der Waals surface area contributed by atoms with Crippen LogP contribution in [-0.2, 0) is 32.4 Å². The van der Waals surface area contributed by atoms with Crippen molar-refractivity contribution in [2.45, 2.75) is 62.9 Å². The minimum Gasteiger partial charge on any atom is -0.423 e. The number of aryl methyl sites for hydroxylation is 1. The summed E-state index contributed by atoms with van der Waals surface area (Å²) >= 11 is 0. The maximum Gasteiger partial charge on any atom is 0.492 e. The summed E-state index contributed by atoms with van der Waals surface area (Å²) in [7, 11) is -1.17. The van der Waals surface area contributed by atoms with Crippen LogP contribution in [0.15, 0.2) is 42.5 Å². The van der Waals surface area contributed by atoms with Crippen LogP contribution in [0.3, 0.4) is 0 Å². The van der Waals surface area contributed by atoms with E-state index in [-0.39, 0.29) is 44.9 Å². The monoisotopic (exact) mass is 648 g/mol. The molecule has 2 unspecified atom stereocenters. The smallest absolute Gasteiger partial charge is 0.423 e. The molecule has 9 N–H and O–H groups in total. The summed E-state index contributed by atoms with van der Waals surface area (Å²) in [4.78, 5) is 39.4. The van der Waals surface area contributed by atoms with E-state index in [4.69, 9.17) is 21.9 Å². The van der Waals surface area contributed by atoms with Gasteiger partial charge in [-0.3, -0.25) is 9.59 Å². The molecule has 3 rings (SSSR count). The standard InChI is InChI=1S/C31H44BF3N6O5/c1-29(2)25-10-6-22(17-26(25)32(45)46-29)28(44)39-18-24(9-5-21-3-7-23(8-4-21)31(33,34)35)40-19-30(38,20-42)12-11-27(43)41(15-13-36)16-14-37/h3-4,6-8,10,17,20,24,40,45H,5,9,11-16,18-19,36-38H2,1-2H3,(H,39,44). The van der Waals surface area contributed by atoms with Crippen molar-refractivity contribution >= 4 is 30.7 Å². The van der Waals surface area contributed by atoms with Gasteiger partial charge < -0.3 is 47.2 Å². The number of halogens is 3. The second kappa shape index (κ2) is 16.0. The molecule has 2 atom stereocenters. The zero-order valence-electron chi connectivity index (χ0n) is 26.2. The number of nitrogens with zero attached hydrogens (tertiary/aromatic N) is 1. The van der Waals surface area contributed by atoms with Gasteiger partial charge >= 0.3 is 13.3 Å². The molecule has 11 nitrogen and oxygen atoms in total. The van der Waals surface area contributed by atoms with Gasteiger partial charge in [0, 0.05) is 57.3 Å². The molecule has 2 amide bonds. The van der Waals surface area contributed by atoms with Crippen molar-refractivity contribution < 1.29 is 37.2 Å². The van der Waals surface area contributed by atoms with Crippen LogP contribution in [0, 0.1) is 0 Å². The van der Waals surface area contributed by atoms with Crippen molar-refractivity contribution in [2.24, 2.45) is 17.2 Å². The molecule has 1 aliphatic heterocycles. The van der Waals surface area contributed by atoms with Crippen molar-refractivity contribution in [3.8, 4) is 0 Å². The van der Waals surface area contributed by atoms with Gasteiger partial charge in [0.15, 0.2) is 0 Å². The predicted molar refractivity (Wildman–Crippen MR) is 169 cm³/mol. The number of benzene rings is 2. The molecular weight excluding hydrogens is 604 g/mol. The van der Waals surface area contributed by atoms with Crippen molar-refractivity contribution in [3.63, 3.8) is 0 Å². The lowest BCUT2D eigenvalue weighted by molar-refractivity contribution is -0.137. The first kappa shape index (κ1) is 37.1. The van der Waals surface area contributed by atoms with E-state index in [0.717, 1.165) is 17.7 Å². The molecule has 1 aliphatic rings. The molecule has 0 bridgehead atoms. The average Bonchev–Trinajstić information content (AvgIpc) is 3.25. The number of rotatable bonds is 17. The molecule has 0 aliphatic carbocycles.